The summed E-state index contributed by atoms with van der Waals surface area (Å²) in [5.74, 6) is 1.65. The number of urea groups is 1. The van der Waals surface area contributed by atoms with E-state index in [1.54, 1.807) is 0 Å². The molecular formula is C20H31N3O. The molecule has 2 unspecified atom stereocenters. The van der Waals surface area contributed by atoms with E-state index in [0.29, 0.717) is 0 Å². The number of piperidine rings is 1. The number of benzene rings is 1. The summed E-state index contributed by atoms with van der Waals surface area (Å²) in [6, 6.07) is 8.26. The fourth-order valence-corrected chi connectivity index (χ4v) is 4.27. The van der Waals surface area contributed by atoms with Crippen LogP contribution in [0.3, 0.4) is 0 Å². The number of unbranched alkanes of at least 4 members (excludes halogenated alkanes) is 1. The predicted octanol–water partition coefficient (Wildman–Crippen LogP) is 3.52. The van der Waals surface area contributed by atoms with Gasteiger partial charge in [0.1, 0.15) is 0 Å². The maximum absolute atomic E-state index is 12.4. The van der Waals surface area contributed by atoms with Crippen LogP contribution in [0.15, 0.2) is 24.3 Å². The summed E-state index contributed by atoms with van der Waals surface area (Å²) >= 11 is 0. The minimum Gasteiger partial charge on any atom is -0.338 e. The second-order valence-corrected chi connectivity index (χ2v) is 7.68. The molecule has 0 aliphatic carbocycles. The van der Waals surface area contributed by atoms with Gasteiger partial charge in [-0.25, -0.2) is 4.79 Å². The Hall–Kier alpha value is -1.55. The smallest absolute Gasteiger partial charge is 0.321 e. The molecule has 0 radical (unpaired) electrons. The number of fused-ring (bicyclic) bond motifs is 1. The topological polar surface area (TPSA) is 35.6 Å². The molecule has 0 bridgehead atoms. The van der Waals surface area contributed by atoms with Crippen LogP contribution in [0.2, 0.25) is 0 Å². The van der Waals surface area contributed by atoms with Crippen LogP contribution < -0.4 is 10.2 Å². The number of amides is 2. The zero-order valence-electron chi connectivity index (χ0n) is 15.1. The summed E-state index contributed by atoms with van der Waals surface area (Å²) in [5, 5.41) is 3.09. The van der Waals surface area contributed by atoms with Gasteiger partial charge < -0.3 is 10.2 Å². The lowest BCUT2D eigenvalue weighted by atomic mass is 9.92. The highest BCUT2D eigenvalue weighted by Gasteiger charge is 2.24. The molecule has 1 aromatic carbocycles. The Morgan fingerprint density at radius 2 is 1.92 bits per heavy atom. The first-order valence-electron chi connectivity index (χ1n) is 9.49. The summed E-state index contributed by atoms with van der Waals surface area (Å²) in [6.45, 7) is 9.93. The van der Waals surface area contributed by atoms with Crippen molar-refractivity contribution in [1.29, 1.82) is 0 Å². The van der Waals surface area contributed by atoms with Gasteiger partial charge in [0.15, 0.2) is 0 Å². The highest BCUT2D eigenvalue weighted by atomic mass is 16.2. The van der Waals surface area contributed by atoms with Crippen LogP contribution in [0.1, 0.15) is 38.7 Å². The Bertz CT molecular complexity index is 550. The second kappa shape index (κ2) is 8.02. The largest absolute Gasteiger partial charge is 0.338 e. The van der Waals surface area contributed by atoms with E-state index >= 15 is 0 Å². The third kappa shape index (κ3) is 4.29. The first kappa shape index (κ1) is 17.3. The average molecular weight is 329 g/mol. The van der Waals surface area contributed by atoms with E-state index in [2.05, 4.69) is 30.1 Å². The van der Waals surface area contributed by atoms with Crippen molar-refractivity contribution in [2.24, 2.45) is 11.8 Å². The maximum atomic E-state index is 12.4. The zero-order chi connectivity index (χ0) is 16.9. The molecule has 24 heavy (non-hydrogen) atoms. The van der Waals surface area contributed by atoms with E-state index in [0.717, 1.165) is 56.4 Å². The van der Waals surface area contributed by atoms with Crippen molar-refractivity contribution in [2.75, 3.05) is 37.6 Å². The Morgan fingerprint density at radius 3 is 2.71 bits per heavy atom. The molecule has 1 saturated heterocycles. The Labute approximate surface area is 146 Å². The van der Waals surface area contributed by atoms with Crippen LogP contribution in [0.25, 0.3) is 0 Å². The first-order chi connectivity index (χ1) is 11.6. The summed E-state index contributed by atoms with van der Waals surface area (Å²) in [6.07, 6.45) is 4.55. The van der Waals surface area contributed by atoms with E-state index in [1.165, 1.54) is 25.1 Å². The van der Waals surface area contributed by atoms with Crippen LogP contribution in [0.5, 0.6) is 0 Å². The van der Waals surface area contributed by atoms with Crippen LogP contribution in [0, 0.1) is 11.8 Å². The minimum absolute atomic E-state index is 0.0557. The van der Waals surface area contributed by atoms with Crippen LogP contribution in [-0.4, -0.2) is 43.7 Å². The highest BCUT2D eigenvalue weighted by Crippen LogP contribution is 2.27. The van der Waals surface area contributed by atoms with Gasteiger partial charge in [-0.05, 0) is 55.7 Å². The van der Waals surface area contributed by atoms with Crippen LogP contribution >= 0.6 is 0 Å². The number of nitrogens with one attached hydrogen (secondary N) is 1. The van der Waals surface area contributed by atoms with E-state index in [9.17, 15) is 4.79 Å². The molecule has 0 spiro atoms. The van der Waals surface area contributed by atoms with Crippen molar-refractivity contribution < 1.29 is 4.79 Å². The molecule has 1 fully saturated rings. The Morgan fingerprint density at radius 1 is 1.17 bits per heavy atom. The lowest BCUT2D eigenvalue weighted by molar-refractivity contribution is 0.139. The average Bonchev–Trinajstić information content (AvgIpc) is 2.97. The van der Waals surface area contributed by atoms with E-state index in [1.807, 2.05) is 23.1 Å². The molecule has 2 aliphatic heterocycles. The van der Waals surface area contributed by atoms with Gasteiger partial charge >= 0.3 is 6.03 Å². The molecular weight excluding hydrogens is 298 g/mol. The fourth-order valence-electron chi connectivity index (χ4n) is 4.27. The minimum atomic E-state index is 0.0557. The zero-order valence-corrected chi connectivity index (χ0v) is 15.1. The number of anilines is 1. The van der Waals surface area contributed by atoms with Crippen LogP contribution in [-0.2, 0) is 6.42 Å². The third-order valence-electron chi connectivity index (χ3n) is 5.25. The van der Waals surface area contributed by atoms with Gasteiger partial charge in [-0.2, -0.15) is 0 Å². The molecule has 0 aromatic heterocycles. The Kier molecular flexibility index (Phi) is 5.77. The van der Waals surface area contributed by atoms with E-state index in [4.69, 9.17) is 0 Å². The van der Waals surface area contributed by atoms with Gasteiger partial charge in [0.05, 0.1) is 0 Å². The summed E-state index contributed by atoms with van der Waals surface area (Å²) in [7, 11) is 0. The van der Waals surface area contributed by atoms with Gasteiger partial charge in [0, 0.05) is 31.9 Å². The maximum Gasteiger partial charge on any atom is 0.321 e. The number of hydrogen-bond acceptors (Lipinski definition) is 2. The number of carbonyl (C=O) groups excluding carboxylic acids is 1. The standard InChI is InChI=1S/C20H31N3O/c1-16-13-17(2)15-22(14-16)11-6-5-10-21-20(24)23-12-9-18-7-3-4-8-19(18)23/h3-4,7-8,16-17H,5-6,9-15H2,1-2H3,(H,21,24). The summed E-state index contributed by atoms with van der Waals surface area (Å²) in [4.78, 5) is 16.8. The summed E-state index contributed by atoms with van der Waals surface area (Å²) < 4.78 is 0. The van der Waals surface area contributed by atoms with Crippen molar-refractivity contribution in [3.63, 3.8) is 0 Å². The summed E-state index contributed by atoms with van der Waals surface area (Å²) in [5.41, 5.74) is 2.35. The van der Waals surface area contributed by atoms with Gasteiger partial charge in [-0.1, -0.05) is 32.0 Å². The first-order valence-corrected chi connectivity index (χ1v) is 9.49. The SMILES string of the molecule is CC1CC(C)CN(CCCCNC(=O)N2CCc3ccccc32)C1. The fraction of sp³-hybridized carbons (Fsp3) is 0.650. The molecule has 132 valence electrons. The molecule has 2 atom stereocenters. The van der Waals surface area contributed by atoms with Gasteiger partial charge in [-0.15, -0.1) is 0 Å². The molecule has 3 rings (SSSR count). The molecule has 2 aliphatic rings. The number of nitrogens with zero attached hydrogens (tertiary/aromatic N) is 2. The van der Waals surface area contributed by atoms with Crippen molar-refractivity contribution >= 4 is 11.7 Å². The van der Waals surface area contributed by atoms with Crippen LogP contribution in [0.4, 0.5) is 10.5 Å². The quantitative estimate of drug-likeness (QED) is 0.839. The lowest BCUT2D eigenvalue weighted by Gasteiger charge is -2.34. The molecule has 1 aromatic rings. The van der Waals surface area contributed by atoms with Crippen molar-refractivity contribution in [3.05, 3.63) is 29.8 Å². The van der Waals surface area contributed by atoms with Crippen molar-refractivity contribution in [2.45, 2.75) is 39.5 Å². The molecule has 0 saturated carbocycles. The second-order valence-electron chi connectivity index (χ2n) is 7.68. The van der Waals surface area contributed by atoms with Gasteiger partial charge in [0.2, 0.25) is 0 Å². The highest BCUT2D eigenvalue weighted by molar-refractivity contribution is 5.94. The third-order valence-corrected chi connectivity index (χ3v) is 5.25. The predicted molar refractivity (Wildman–Crippen MR) is 99.5 cm³/mol. The molecule has 2 heterocycles. The van der Waals surface area contributed by atoms with Gasteiger partial charge in [0.25, 0.3) is 0 Å². The number of rotatable bonds is 5. The van der Waals surface area contributed by atoms with Crippen molar-refractivity contribution in [3.8, 4) is 0 Å². The number of hydrogen-bond donors (Lipinski definition) is 1. The molecule has 4 nitrogen and oxygen atoms in total. The molecule has 1 N–H and O–H groups in total. The van der Waals surface area contributed by atoms with Crippen molar-refractivity contribution in [1.82, 2.24) is 10.2 Å². The number of carbonyl (C=O) groups is 1. The van der Waals surface area contributed by atoms with Gasteiger partial charge in [-0.3, -0.25) is 4.90 Å². The van der Waals surface area contributed by atoms with E-state index in [-0.39, 0.29) is 6.03 Å². The lowest BCUT2D eigenvalue weighted by Crippen LogP contribution is -2.40. The Balaban J connectivity index is 1.35. The molecule has 4 heteroatoms. The monoisotopic (exact) mass is 329 g/mol. The van der Waals surface area contributed by atoms with E-state index < -0.39 is 0 Å². The number of likely N-dealkylation sites (tertiary alicyclic amines) is 1. The molecule has 2 amide bonds. The normalized spacial score (nSPS) is 24.0. The number of para-hydroxylation sites is 1.